The second-order valence-electron chi connectivity index (χ2n) is 8.93. The van der Waals surface area contributed by atoms with Gasteiger partial charge in [0.2, 0.25) is 0 Å². The molecule has 0 N–H and O–H groups in total. The molecule has 0 radical (unpaired) electrons. The first-order valence-electron chi connectivity index (χ1n) is 11.1. The molecule has 2 heterocycles. The van der Waals surface area contributed by atoms with E-state index in [0.717, 1.165) is 11.2 Å². The molecule has 1 aliphatic heterocycles. The van der Waals surface area contributed by atoms with Crippen molar-refractivity contribution < 1.29 is 0 Å². The summed E-state index contributed by atoms with van der Waals surface area (Å²) in [6, 6.07) is 39.7. The molecule has 0 atom stereocenters. The lowest BCUT2D eigenvalue weighted by Crippen LogP contribution is -2.40. The van der Waals surface area contributed by atoms with Gasteiger partial charge in [0.1, 0.15) is 0 Å². The maximum atomic E-state index is 4.95. The average Bonchev–Trinajstić information content (AvgIpc) is 2.84. The Morgan fingerprint density at radius 1 is 0.625 bits per heavy atom. The van der Waals surface area contributed by atoms with E-state index in [1.807, 2.05) is 0 Å². The van der Waals surface area contributed by atoms with E-state index in [1.165, 1.54) is 38.0 Å². The molecule has 1 aliphatic rings. The minimum atomic E-state index is -0.626. The first-order valence-corrected chi connectivity index (χ1v) is 12.4. The van der Waals surface area contributed by atoms with E-state index in [4.69, 9.17) is 4.98 Å². The molecule has 4 aromatic carbocycles. The molecule has 154 valence electrons. The summed E-state index contributed by atoms with van der Waals surface area (Å²) in [7, 11) is -0.626. The lowest BCUT2D eigenvalue weighted by Gasteiger charge is -2.39. The molecule has 32 heavy (non-hydrogen) atoms. The summed E-state index contributed by atoms with van der Waals surface area (Å²) < 4.78 is 0. The zero-order valence-corrected chi connectivity index (χ0v) is 19.2. The number of benzene rings is 4. The smallest absolute Gasteiger partial charge is 0.0709 e. The molecule has 1 nitrogen and oxygen atoms in total. The summed E-state index contributed by atoms with van der Waals surface area (Å²) in [5, 5.41) is 5.49. The van der Waals surface area contributed by atoms with Gasteiger partial charge in [0, 0.05) is 16.4 Å². The molecule has 0 saturated heterocycles. The maximum absolute atomic E-state index is 4.95. The Hall–Kier alpha value is -3.28. The van der Waals surface area contributed by atoms with Crippen LogP contribution < -0.4 is 15.9 Å². The third-order valence-electron chi connectivity index (χ3n) is 6.64. The van der Waals surface area contributed by atoms with Gasteiger partial charge >= 0.3 is 0 Å². The van der Waals surface area contributed by atoms with Crippen LogP contribution >= 0.6 is 7.92 Å². The Morgan fingerprint density at radius 3 is 2.03 bits per heavy atom. The summed E-state index contributed by atoms with van der Waals surface area (Å²) in [5.74, 6) is 0. The molecular weight excluding hydrogens is 405 g/mol. The number of para-hydroxylation sites is 1. The summed E-state index contributed by atoms with van der Waals surface area (Å²) in [5.41, 5.74) is 6.13. The Morgan fingerprint density at radius 2 is 1.28 bits per heavy atom. The standard InChI is InChI=1S/C30H24NP/c1-30(2)24-13-4-7-16-28(24)32(29-17-8-5-14-25(29)30)23-12-9-11-22(20-23)27-19-18-21-10-3-6-15-26(21)31-27/h3-20H,1-2H3. The van der Waals surface area contributed by atoms with Crippen LogP contribution in [0.15, 0.2) is 109 Å². The van der Waals surface area contributed by atoms with E-state index in [0.29, 0.717) is 0 Å². The predicted molar refractivity (Wildman–Crippen MR) is 138 cm³/mol. The molecule has 5 aromatic rings. The monoisotopic (exact) mass is 429 g/mol. The van der Waals surface area contributed by atoms with Gasteiger partial charge < -0.3 is 0 Å². The topological polar surface area (TPSA) is 12.9 Å². The van der Waals surface area contributed by atoms with Crippen molar-refractivity contribution in [3.05, 3.63) is 120 Å². The minimum Gasteiger partial charge on any atom is -0.248 e. The van der Waals surface area contributed by atoms with Gasteiger partial charge in [0.25, 0.3) is 0 Å². The highest BCUT2D eigenvalue weighted by Gasteiger charge is 2.37. The van der Waals surface area contributed by atoms with E-state index in [1.54, 1.807) is 0 Å². The third-order valence-corrected chi connectivity index (χ3v) is 9.17. The van der Waals surface area contributed by atoms with Gasteiger partial charge in [-0.15, -0.1) is 0 Å². The molecule has 6 rings (SSSR count). The molecule has 0 fully saturated rings. The van der Waals surface area contributed by atoms with Crippen LogP contribution in [0.25, 0.3) is 22.2 Å². The van der Waals surface area contributed by atoms with E-state index < -0.39 is 7.92 Å². The van der Waals surface area contributed by atoms with Gasteiger partial charge in [-0.3, -0.25) is 0 Å². The fourth-order valence-corrected chi connectivity index (χ4v) is 7.96. The van der Waals surface area contributed by atoms with E-state index in [9.17, 15) is 0 Å². The van der Waals surface area contributed by atoms with Gasteiger partial charge in [0.05, 0.1) is 11.2 Å². The largest absolute Gasteiger partial charge is 0.248 e. The van der Waals surface area contributed by atoms with Crippen molar-refractivity contribution in [3.8, 4) is 11.3 Å². The van der Waals surface area contributed by atoms with Crippen LogP contribution in [0.3, 0.4) is 0 Å². The summed E-state index contributed by atoms with van der Waals surface area (Å²) in [4.78, 5) is 4.95. The highest BCUT2D eigenvalue weighted by Crippen LogP contribution is 2.46. The van der Waals surface area contributed by atoms with Gasteiger partial charge in [0.15, 0.2) is 0 Å². The molecule has 1 aromatic heterocycles. The SMILES string of the molecule is CC1(C)c2ccccc2P(c2cccc(-c3ccc4ccccc4n3)c2)c2ccccc21. The fraction of sp³-hybridized carbons (Fsp3) is 0.100. The second kappa shape index (κ2) is 7.40. The van der Waals surface area contributed by atoms with E-state index in [2.05, 4.69) is 123 Å². The molecule has 0 spiro atoms. The van der Waals surface area contributed by atoms with Crippen LogP contribution in [-0.2, 0) is 5.41 Å². The summed E-state index contributed by atoms with van der Waals surface area (Å²) in [6.45, 7) is 4.71. The van der Waals surface area contributed by atoms with Gasteiger partial charge in [-0.1, -0.05) is 105 Å². The minimum absolute atomic E-state index is 0.00350. The first kappa shape index (κ1) is 19.4. The number of aromatic nitrogens is 1. The second-order valence-corrected chi connectivity index (χ2v) is 11.1. The Labute approximate surface area is 190 Å². The quantitative estimate of drug-likeness (QED) is 0.300. The van der Waals surface area contributed by atoms with Crippen molar-refractivity contribution in [1.82, 2.24) is 4.98 Å². The average molecular weight is 430 g/mol. The molecule has 2 heteroatoms. The highest BCUT2D eigenvalue weighted by molar-refractivity contribution is 7.80. The number of fused-ring (bicyclic) bond motifs is 3. The first-order chi connectivity index (χ1) is 15.6. The van der Waals surface area contributed by atoms with Crippen molar-refractivity contribution in [3.63, 3.8) is 0 Å². The molecule has 0 unspecified atom stereocenters. The predicted octanol–water partition coefficient (Wildman–Crippen LogP) is 6.30. The van der Waals surface area contributed by atoms with Crippen molar-refractivity contribution in [2.45, 2.75) is 19.3 Å². The van der Waals surface area contributed by atoms with Crippen LogP contribution in [-0.4, -0.2) is 4.98 Å². The van der Waals surface area contributed by atoms with Gasteiger partial charge in [-0.25, -0.2) is 4.98 Å². The van der Waals surface area contributed by atoms with Crippen molar-refractivity contribution in [2.75, 3.05) is 0 Å². The van der Waals surface area contributed by atoms with E-state index in [-0.39, 0.29) is 5.41 Å². The fourth-order valence-electron chi connectivity index (χ4n) is 4.98. The van der Waals surface area contributed by atoms with E-state index >= 15 is 0 Å². The molecule has 0 saturated carbocycles. The van der Waals surface area contributed by atoms with Crippen LogP contribution in [0.1, 0.15) is 25.0 Å². The van der Waals surface area contributed by atoms with Crippen LogP contribution in [0, 0.1) is 0 Å². The van der Waals surface area contributed by atoms with Crippen LogP contribution in [0.5, 0.6) is 0 Å². The molecule has 0 aliphatic carbocycles. The van der Waals surface area contributed by atoms with Crippen LogP contribution in [0.2, 0.25) is 0 Å². The number of nitrogens with zero attached hydrogens (tertiary/aromatic N) is 1. The summed E-state index contributed by atoms with van der Waals surface area (Å²) in [6.07, 6.45) is 0. The zero-order valence-electron chi connectivity index (χ0n) is 18.3. The number of hydrogen-bond acceptors (Lipinski definition) is 1. The summed E-state index contributed by atoms with van der Waals surface area (Å²) >= 11 is 0. The zero-order chi connectivity index (χ0) is 21.7. The van der Waals surface area contributed by atoms with Gasteiger partial charge in [-0.2, -0.15) is 0 Å². The molecule has 0 amide bonds. The third kappa shape index (κ3) is 3.00. The lowest BCUT2D eigenvalue weighted by atomic mass is 9.78. The molecular formula is C30H24NP. The van der Waals surface area contributed by atoms with Crippen molar-refractivity contribution >= 4 is 34.7 Å². The Balaban J connectivity index is 1.54. The number of rotatable bonds is 2. The van der Waals surface area contributed by atoms with Crippen molar-refractivity contribution in [1.29, 1.82) is 0 Å². The highest BCUT2D eigenvalue weighted by atomic mass is 31.1. The maximum Gasteiger partial charge on any atom is 0.0709 e. The number of pyridine rings is 1. The lowest BCUT2D eigenvalue weighted by molar-refractivity contribution is 0.647. The van der Waals surface area contributed by atoms with Crippen molar-refractivity contribution in [2.24, 2.45) is 0 Å². The number of hydrogen-bond donors (Lipinski definition) is 0. The molecule has 0 bridgehead atoms. The Kier molecular flexibility index (Phi) is 4.49. The van der Waals surface area contributed by atoms with Gasteiger partial charge in [-0.05, 0) is 53.2 Å². The van der Waals surface area contributed by atoms with Crippen LogP contribution in [0.4, 0.5) is 0 Å². The normalized spacial score (nSPS) is 14.7. The Bertz CT molecular complexity index is 1420.